The Kier molecular flexibility index (Phi) is 50.8. The number of carbonyl (C=O) groups excluding carboxylic acids is 8. The summed E-state index contributed by atoms with van der Waals surface area (Å²) in [6.45, 7) is 36.7. The third kappa shape index (κ3) is 51.4. The summed E-state index contributed by atoms with van der Waals surface area (Å²) < 4.78 is 20.6. The Morgan fingerprint density at radius 2 is 0.633 bits per heavy atom. The van der Waals surface area contributed by atoms with Crippen LogP contribution in [0.4, 0.5) is 0 Å². The molecule has 0 fully saturated rings. The Labute approximate surface area is 578 Å². The van der Waals surface area contributed by atoms with Crippen LogP contribution in [0.15, 0.2) is 121 Å². The standard InChI is InChI=1S/C18H26O3S.C17H24O3S.C10H21NO2S.C9H19NO2S.2C7H5ClO.2ClH/c1-13(2)21-17(20)15(12-22-18(3,4)5)11-16(19)14-9-7-6-8-10-14;1-5-20-16(19)14(12-21-17(2,3)4)11-15(18)13-9-7-6-8-10-13;1-7(2)13-9(12)8(11)6-14-10(3,4)5;1-5-12-8(11)7(10)6-13-9(2,3)4;2*8-7(9)6-4-2-1-3-5-6;;/h6-10,13,15H,11-12H2,1-5H3;6-10,14H,5,11-12H2,1-4H3;7-8H,6,11H2,1-5H3;7H,5-6,10H2,1-4H3;2*1-5H;2*1H/t15-;14-;8-;7-;;;;/m0000..../s1. The first-order valence-electron chi connectivity index (χ1n) is 29.2. The Bertz CT molecular complexity index is 2590. The highest BCUT2D eigenvalue weighted by molar-refractivity contribution is 8.01. The number of rotatable bonds is 24. The number of halogens is 4. The second-order valence-electron chi connectivity index (χ2n) is 24.0. The number of thioether (sulfide) groups is 4. The maximum Gasteiger partial charge on any atom is 0.324 e. The van der Waals surface area contributed by atoms with Crippen LogP contribution in [-0.4, -0.2) is 125 Å². The molecule has 4 aromatic rings. The molecule has 0 radical (unpaired) electrons. The van der Waals surface area contributed by atoms with Crippen LogP contribution in [0.25, 0.3) is 0 Å². The molecule has 90 heavy (non-hydrogen) atoms. The molecule has 0 spiro atoms. The summed E-state index contributed by atoms with van der Waals surface area (Å²) in [7, 11) is 0. The maximum absolute atomic E-state index is 12.4. The van der Waals surface area contributed by atoms with Crippen molar-refractivity contribution in [2.45, 2.75) is 181 Å². The first-order valence-corrected chi connectivity index (χ1v) is 33.9. The van der Waals surface area contributed by atoms with Crippen LogP contribution in [0.5, 0.6) is 0 Å². The molecule has 0 unspecified atom stereocenters. The average Bonchev–Trinajstić information content (AvgIpc) is 2.38. The number of ketones is 2. The molecule has 4 N–H and O–H groups in total. The van der Waals surface area contributed by atoms with Crippen LogP contribution in [0.1, 0.15) is 179 Å². The number of hydrogen-bond acceptors (Lipinski definition) is 18. The molecular formula is C68H102Cl4N2O12S4. The van der Waals surface area contributed by atoms with Crippen LogP contribution in [0.3, 0.4) is 0 Å². The molecule has 22 heteroatoms. The van der Waals surface area contributed by atoms with Crippen LogP contribution in [0.2, 0.25) is 0 Å². The lowest BCUT2D eigenvalue weighted by Gasteiger charge is -2.22. The molecule has 0 aliphatic carbocycles. The van der Waals surface area contributed by atoms with E-state index < -0.39 is 28.5 Å². The van der Waals surface area contributed by atoms with Crippen LogP contribution >= 0.6 is 95.1 Å². The van der Waals surface area contributed by atoms with E-state index in [4.69, 9.17) is 53.6 Å². The first-order chi connectivity index (χ1) is 40.7. The molecule has 0 bridgehead atoms. The third-order valence-corrected chi connectivity index (χ3v) is 16.5. The van der Waals surface area contributed by atoms with Gasteiger partial charge < -0.3 is 30.4 Å². The van der Waals surface area contributed by atoms with Gasteiger partial charge in [0.15, 0.2) is 11.6 Å². The van der Waals surface area contributed by atoms with Gasteiger partial charge in [-0.05, 0) is 64.7 Å². The van der Waals surface area contributed by atoms with E-state index in [1.807, 2.05) is 76.2 Å². The van der Waals surface area contributed by atoms with Gasteiger partial charge in [-0.25, -0.2) is 0 Å². The van der Waals surface area contributed by atoms with E-state index in [9.17, 15) is 38.4 Å². The molecule has 4 rings (SSSR count). The number of carbonyl (C=O) groups is 8. The molecular weight excluding hydrogens is 1310 g/mol. The van der Waals surface area contributed by atoms with E-state index in [0.717, 1.165) is 0 Å². The van der Waals surface area contributed by atoms with Gasteiger partial charge in [0.25, 0.3) is 10.5 Å². The monoisotopic (exact) mass is 1410 g/mol. The predicted molar refractivity (Wildman–Crippen MR) is 386 cm³/mol. The first kappa shape index (κ1) is 92.3. The number of benzene rings is 4. The Morgan fingerprint density at radius 3 is 0.889 bits per heavy atom. The van der Waals surface area contributed by atoms with Gasteiger partial charge in [-0.3, -0.25) is 38.4 Å². The molecule has 508 valence electrons. The highest BCUT2D eigenvalue weighted by Gasteiger charge is 2.29. The molecule has 0 heterocycles. The minimum absolute atomic E-state index is 0. The molecule has 0 amide bonds. The van der Waals surface area contributed by atoms with Gasteiger partial charge in [0.1, 0.15) is 12.1 Å². The van der Waals surface area contributed by atoms with Gasteiger partial charge in [0.05, 0.1) is 37.3 Å². The van der Waals surface area contributed by atoms with Crippen LogP contribution in [0, 0.1) is 11.8 Å². The molecule has 4 aromatic carbocycles. The topological polar surface area (TPSA) is 226 Å². The van der Waals surface area contributed by atoms with E-state index in [0.29, 0.717) is 58.5 Å². The lowest BCUT2D eigenvalue weighted by Crippen LogP contribution is -2.37. The van der Waals surface area contributed by atoms with E-state index in [1.54, 1.807) is 134 Å². The molecule has 0 aliphatic heterocycles. The van der Waals surface area contributed by atoms with Gasteiger partial charge in [-0.15, -0.1) is 24.8 Å². The summed E-state index contributed by atoms with van der Waals surface area (Å²) in [6, 6.07) is 34.6. The fourth-order valence-corrected chi connectivity index (χ4v) is 9.96. The predicted octanol–water partition coefficient (Wildman–Crippen LogP) is 16.5. The molecule has 14 nitrogen and oxygen atoms in total. The zero-order chi connectivity index (χ0) is 67.8. The summed E-state index contributed by atoms with van der Waals surface area (Å²) >= 11 is 17.0. The Morgan fingerprint density at radius 1 is 0.389 bits per heavy atom. The second kappa shape index (κ2) is 49.5. The van der Waals surface area contributed by atoms with E-state index in [2.05, 4.69) is 83.1 Å². The largest absolute Gasteiger partial charge is 0.466 e. The van der Waals surface area contributed by atoms with E-state index in [1.165, 1.54) is 0 Å². The van der Waals surface area contributed by atoms with Crippen molar-refractivity contribution in [2.24, 2.45) is 23.3 Å². The average molecular weight is 1410 g/mol. The van der Waals surface area contributed by atoms with Crippen LogP contribution in [-0.2, 0) is 38.1 Å². The van der Waals surface area contributed by atoms with Crippen molar-refractivity contribution in [3.8, 4) is 0 Å². The van der Waals surface area contributed by atoms with Gasteiger partial charge in [0.2, 0.25) is 0 Å². The van der Waals surface area contributed by atoms with Gasteiger partial charge in [-0.2, -0.15) is 47.0 Å². The fourth-order valence-electron chi connectivity index (χ4n) is 6.16. The van der Waals surface area contributed by atoms with Gasteiger partial charge >= 0.3 is 23.9 Å². The number of Topliss-reactive ketones (excluding diaryl/α,β-unsaturated/α-hetero) is 2. The maximum atomic E-state index is 12.4. The van der Waals surface area contributed by atoms with E-state index >= 15 is 0 Å². The van der Waals surface area contributed by atoms with Crippen molar-refractivity contribution in [3.63, 3.8) is 0 Å². The van der Waals surface area contributed by atoms with Crippen molar-refractivity contribution in [2.75, 3.05) is 36.2 Å². The number of ether oxygens (including phenoxy) is 4. The lowest BCUT2D eigenvalue weighted by molar-refractivity contribution is -0.151. The van der Waals surface area contributed by atoms with Crippen LogP contribution < -0.4 is 11.5 Å². The summed E-state index contributed by atoms with van der Waals surface area (Å²) in [5.74, 6) is 0.419. The number of hydrogen-bond donors (Lipinski definition) is 2. The summed E-state index contributed by atoms with van der Waals surface area (Å²) in [6.07, 6.45) is 0.138. The quantitative estimate of drug-likeness (QED) is 0.0288. The zero-order valence-electron chi connectivity index (χ0n) is 55.9. The Balaban J connectivity index is -0.000000506. The lowest BCUT2D eigenvalue weighted by atomic mass is 10.00. The number of esters is 4. The SMILES string of the molecule is CC(C)OC(=O)[C@@H](N)CSC(C)(C)C.CC(C)OC(=O)[C@H](CSC(C)(C)C)CC(=O)c1ccccc1.CCOC(=O)[C@@H](N)CSC(C)(C)C.CCOC(=O)[C@H](CSC(C)(C)C)CC(=O)c1ccccc1.Cl.Cl.O=C(Cl)c1ccccc1.O=C(Cl)c1ccccc1. The highest BCUT2D eigenvalue weighted by atomic mass is 35.5. The second-order valence-corrected chi connectivity index (χ2v) is 32.1. The molecule has 0 saturated carbocycles. The van der Waals surface area contributed by atoms with Crippen molar-refractivity contribution in [1.82, 2.24) is 0 Å². The number of nitrogens with two attached hydrogens (primary N) is 2. The molecule has 4 atom stereocenters. The Hall–Kier alpha value is -4.08. The molecule has 0 aliphatic rings. The minimum Gasteiger partial charge on any atom is -0.466 e. The van der Waals surface area contributed by atoms with Crippen molar-refractivity contribution < 1.29 is 57.3 Å². The minimum atomic E-state index is -0.512. The van der Waals surface area contributed by atoms with Crippen molar-refractivity contribution >= 4 is 141 Å². The molecule has 0 aromatic heterocycles. The van der Waals surface area contributed by atoms with Gasteiger partial charge in [-0.1, -0.05) is 204 Å². The normalized spacial score (nSPS) is 12.2. The smallest absolute Gasteiger partial charge is 0.324 e. The van der Waals surface area contributed by atoms with E-state index in [-0.39, 0.29) is 110 Å². The van der Waals surface area contributed by atoms with Gasteiger partial charge in [0, 0.05) is 77.1 Å². The zero-order valence-corrected chi connectivity index (χ0v) is 62.3. The summed E-state index contributed by atoms with van der Waals surface area (Å²) in [5, 5.41) is -0.814. The summed E-state index contributed by atoms with van der Waals surface area (Å²) in [4.78, 5) is 92.1. The van der Waals surface area contributed by atoms with Crippen molar-refractivity contribution in [3.05, 3.63) is 144 Å². The third-order valence-electron chi connectivity index (χ3n) is 10.4. The highest BCUT2D eigenvalue weighted by Crippen LogP contribution is 2.30. The fraction of sp³-hybridized carbons (Fsp3) is 0.529. The van der Waals surface area contributed by atoms with Crippen molar-refractivity contribution in [1.29, 1.82) is 0 Å². The summed E-state index contributed by atoms with van der Waals surface area (Å²) in [5.41, 5.74) is 13.7. The molecule has 0 saturated heterocycles.